The first-order valence-electron chi connectivity index (χ1n) is 2.84. The summed E-state index contributed by atoms with van der Waals surface area (Å²) in [6, 6.07) is -0.940. The van der Waals surface area contributed by atoms with Gasteiger partial charge in [0.25, 0.3) is 0 Å². The van der Waals surface area contributed by atoms with E-state index in [1.54, 1.807) is 0 Å². The van der Waals surface area contributed by atoms with Crippen LogP contribution in [0.1, 0.15) is 0 Å². The molecule has 0 radical (unpaired) electrons. The third-order valence-corrected chi connectivity index (χ3v) is 1.13. The van der Waals surface area contributed by atoms with E-state index in [0.717, 1.165) is 11.9 Å². The highest BCUT2D eigenvalue weighted by Crippen LogP contribution is 2.13. The fourth-order valence-corrected chi connectivity index (χ4v) is 0.539. The van der Waals surface area contributed by atoms with Crippen LogP contribution in [0.3, 0.4) is 0 Å². The lowest BCUT2D eigenvalue weighted by molar-refractivity contribution is -0.174. The highest BCUT2D eigenvalue weighted by atomic mass is 32.2. The van der Waals surface area contributed by atoms with Crippen LogP contribution in [0, 0.1) is 0 Å². The van der Waals surface area contributed by atoms with Crippen molar-refractivity contribution in [2.24, 2.45) is 0 Å². The van der Waals surface area contributed by atoms with E-state index in [4.69, 9.17) is 0 Å². The molecule has 0 aliphatic heterocycles. The number of halogens is 3. The molecule has 5 nitrogen and oxygen atoms in total. The van der Waals surface area contributed by atoms with Crippen molar-refractivity contribution in [3.63, 3.8) is 0 Å². The standard InChI is InChI=1S/C4H6F3N3O2S/c1-13-10-3(12)9-8-2(11)4(5,6)7/h1H3,(H,8,11)(H2,9,10,12). The molecule has 0 aromatic rings. The lowest BCUT2D eigenvalue weighted by atomic mass is 10.6. The number of urea groups is 1. The summed E-state index contributed by atoms with van der Waals surface area (Å²) < 4.78 is 36.5. The van der Waals surface area contributed by atoms with Crippen molar-refractivity contribution >= 4 is 23.9 Å². The second kappa shape index (κ2) is 4.80. The molecule has 0 atom stereocenters. The molecule has 9 heteroatoms. The van der Waals surface area contributed by atoms with Crippen LogP contribution in [0.4, 0.5) is 18.0 Å². The van der Waals surface area contributed by atoms with E-state index in [9.17, 15) is 22.8 Å². The average Bonchev–Trinajstić information content (AvgIpc) is 1.99. The largest absolute Gasteiger partial charge is 0.472 e. The summed E-state index contributed by atoms with van der Waals surface area (Å²) in [4.78, 5) is 20.5. The van der Waals surface area contributed by atoms with Gasteiger partial charge in [0.2, 0.25) is 0 Å². The molecule has 76 valence electrons. The van der Waals surface area contributed by atoms with Gasteiger partial charge in [-0.1, -0.05) is 11.9 Å². The Hall–Kier alpha value is -1.12. The molecule has 0 aliphatic carbocycles. The van der Waals surface area contributed by atoms with Crippen LogP contribution in [0.2, 0.25) is 0 Å². The van der Waals surface area contributed by atoms with Crippen molar-refractivity contribution in [2.45, 2.75) is 6.18 Å². The lowest BCUT2D eigenvalue weighted by Gasteiger charge is -2.08. The minimum atomic E-state index is -5.01. The number of rotatable bonds is 1. The van der Waals surface area contributed by atoms with Crippen LogP contribution in [0.25, 0.3) is 0 Å². The zero-order valence-corrected chi connectivity index (χ0v) is 7.18. The van der Waals surface area contributed by atoms with Gasteiger partial charge in [-0.25, -0.2) is 10.2 Å². The van der Waals surface area contributed by atoms with Gasteiger partial charge >= 0.3 is 18.1 Å². The Morgan fingerprint density at radius 2 is 1.77 bits per heavy atom. The summed E-state index contributed by atoms with van der Waals surface area (Å²) in [5, 5.41) is 0. The number of alkyl halides is 3. The van der Waals surface area contributed by atoms with Crippen LogP contribution in [0.5, 0.6) is 0 Å². The first kappa shape index (κ1) is 11.9. The Morgan fingerprint density at radius 3 is 2.15 bits per heavy atom. The van der Waals surface area contributed by atoms with Gasteiger partial charge in [-0.05, 0) is 0 Å². The number of nitrogens with one attached hydrogen (secondary N) is 3. The quantitative estimate of drug-likeness (QED) is 0.432. The predicted molar refractivity (Wildman–Crippen MR) is 39.4 cm³/mol. The summed E-state index contributed by atoms with van der Waals surface area (Å²) in [7, 11) is 0. The number of hydrazine groups is 1. The molecule has 0 heterocycles. The molecule has 0 saturated heterocycles. The molecule has 0 saturated carbocycles. The molecular formula is C4H6F3N3O2S. The zero-order chi connectivity index (χ0) is 10.5. The summed E-state index contributed by atoms with van der Waals surface area (Å²) in [5.74, 6) is -2.23. The first-order chi connectivity index (χ1) is 5.88. The van der Waals surface area contributed by atoms with Crippen LogP contribution < -0.4 is 15.6 Å². The van der Waals surface area contributed by atoms with E-state index in [-0.39, 0.29) is 0 Å². The van der Waals surface area contributed by atoms with Gasteiger partial charge in [0, 0.05) is 6.26 Å². The lowest BCUT2D eigenvalue weighted by Crippen LogP contribution is -2.49. The second-order valence-electron chi connectivity index (χ2n) is 1.71. The number of amides is 3. The van der Waals surface area contributed by atoms with Gasteiger partial charge in [-0.15, -0.1) is 0 Å². The van der Waals surface area contributed by atoms with Gasteiger partial charge in [-0.3, -0.25) is 14.9 Å². The summed E-state index contributed by atoms with van der Waals surface area (Å²) in [5.41, 5.74) is 2.67. The fraction of sp³-hybridized carbons (Fsp3) is 0.500. The Kier molecular flexibility index (Phi) is 4.38. The second-order valence-corrected chi connectivity index (χ2v) is 2.32. The maximum Gasteiger partial charge on any atom is 0.472 e. The summed E-state index contributed by atoms with van der Waals surface area (Å²) in [6.45, 7) is 0. The van der Waals surface area contributed by atoms with Crippen LogP contribution in [-0.2, 0) is 4.79 Å². The molecule has 3 N–H and O–H groups in total. The predicted octanol–water partition coefficient (Wildman–Crippen LogP) is 0.157. The van der Waals surface area contributed by atoms with Crippen molar-refractivity contribution < 1.29 is 22.8 Å². The monoisotopic (exact) mass is 217 g/mol. The Labute approximate surface area is 75.5 Å². The van der Waals surface area contributed by atoms with Crippen molar-refractivity contribution in [3.8, 4) is 0 Å². The molecule has 13 heavy (non-hydrogen) atoms. The molecule has 0 fully saturated rings. The summed E-state index contributed by atoms with van der Waals surface area (Å²) >= 11 is 0.874. The molecule has 0 aromatic carbocycles. The van der Waals surface area contributed by atoms with E-state index in [1.165, 1.54) is 17.1 Å². The normalized spacial score (nSPS) is 10.5. The number of carbonyl (C=O) groups excluding carboxylic acids is 2. The third kappa shape index (κ3) is 5.17. The summed E-state index contributed by atoms with van der Waals surface area (Å²) in [6.07, 6.45) is -3.52. The number of carbonyl (C=O) groups is 2. The van der Waals surface area contributed by atoms with Crippen molar-refractivity contribution in [1.82, 2.24) is 15.6 Å². The SMILES string of the molecule is CSNC(=O)NNC(=O)C(F)(F)F. The van der Waals surface area contributed by atoms with Crippen molar-refractivity contribution in [3.05, 3.63) is 0 Å². The van der Waals surface area contributed by atoms with Crippen molar-refractivity contribution in [2.75, 3.05) is 6.26 Å². The zero-order valence-electron chi connectivity index (χ0n) is 6.36. The van der Waals surface area contributed by atoms with E-state index in [1.807, 2.05) is 4.72 Å². The smallest absolute Gasteiger partial charge is 0.281 e. The van der Waals surface area contributed by atoms with Gasteiger partial charge in [0.05, 0.1) is 0 Å². The van der Waals surface area contributed by atoms with Gasteiger partial charge in [0.15, 0.2) is 0 Å². The first-order valence-corrected chi connectivity index (χ1v) is 4.06. The van der Waals surface area contributed by atoms with E-state index in [2.05, 4.69) is 0 Å². The van der Waals surface area contributed by atoms with Crippen molar-refractivity contribution in [1.29, 1.82) is 0 Å². The highest BCUT2D eigenvalue weighted by Gasteiger charge is 2.38. The molecule has 0 aromatic heterocycles. The Balaban J connectivity index is 3.77. The molecule has 0 spiro atoms. The molecule has 0 bridgehead atoms. The third-order valence-electron chi connectivity index (χ3n) is 0.742. The molecule has 0 rings (SSSR count). The minimum Gasteiger partial charge on any atom is -0.281 e. The topological polar surface area (TPSA) is 70.2 Å². The van der Waals surface area contributed by atoms with Gasteiger partial charge in [-0.2, -0.15) is 13.2 Å². The molecule has 0 aliphatic rings. The van der Waals surface area contributed by atoms with E-state index in [0.29, 0.717) is 0 Å². The number of hydrogen-bond donors (Lipinski definition) is 3. The maximum atomic E-state index is 11.5. The highest BCUT2D eigenvalue weighted by molar-refractivity contribution is 7.97. The Bertz CT molecular complexity index is 207. The maximum absolute atomic E-state index is 11.5. The van der Waals surface area contributed by atoms with Crippen LogP contribution >= 0.6 is 11.9 Å². The average molecular weight is 217 g/mol. The van der Waals surface area contributed by atoms with Crippen LogP contribution in [-0.4, -0.2) is 24.4 Å². The number of hydrogen-bond acceptors (Lipinski definition) is 3. The fourth-order valence-electron chi connectivity index (χ4n) is 0.303. The van der Waals surface area contributed by atoms with Crippen LogP contribution in [0.15, 0.2) is 0 Å². The molecule has 3 amide bonds. The van der Waals surface area contributed by atoms with E-state index < -0.39 is 18.1 Å². The minimum absolute atomic E-state index is 0.874. The Morgan fingerprint density at radius 1 is 1.23 bits per heavy atom. The van der Waals surface area contributed by atoms with Gasteiger partial charge in [0.1, 0.15) is 0 Å². The van der Waals surface area contributed by atoms with E-state index >= 15 is 0 Å². The molecule has 0 unspecified atom stereocenters. The van der Waals surface area contributed by atoms with Gasteiger partial charge < -0.3 is 0 Å². The molecular weight excluding hydrogens is 211 g/mol.